The van der Waals surface area contributed by atoms with Crippen molar-refractivity contribution in [2.24, 2.45) is 0 Å². The maximum Gasteiger partial charge on any atom is 0.335 e. The topological polar surface area (TPSA) is 91.8 Å². The van der Waals surface area contributed by atoms with Crippen LogP contribution in [0, 0.1) is 0 Å². The van der Waals surface area contributed by atoms with Gasteiger partial charge >= 0.3 is 5.97 Å². The number of benzene rings is 2. The van der Waals surface area contributed by atoms with Crippen LogP contribution in [0.5, 0.6) is 0 Å². The first-order valence-electron chi connectivity index (χ1n) is 8.61. The fourth-order valence-electron chi connectivity index (χ4n) is 2.59. The van der Waals surface area contributed by atoms with Crippen molar-refractivity contribution in [3.63, 3.8) is 0 Å². The van der Waals surface area contributed by atoms with Gasteiger partial charge in [-0.15, -0.1) is 0 Å². The number of hydrogen-bond acceptors (Lipinski definition) is 4. The van der Waals surface area contributed by atoms with Crippen molar-refractivity contribution in [3.05, 3.63) is 65.2 Å². The minimum absolute atomic E-state index is 0.0393. The van der Waals surface area contributed by atoms with Gasteiger partial charge in [0.15, 0.2) is 9.84 Å². The number of hydrogen-bond donors (Lipinski definition) is 1. The Hall–Kier alpha value is -2.67. The normalized spacial score (nSPS) is 11.2. The molecule has 27 heavy (non-hydrogen) atoms. The predicted octanol–water partition coefficient (Wildman–Crippen LogP) is 2.77. The average molecular weight is 389 g/mol. The number of aryl methyl sites for hydroxylation is 1. The molecule has 0 radical (unpaired) electrons. The van der Waals surface area contributed by atoms with Gasteiger partial charge in [0.2, 0.25) is 5.91 Å². The van der Waals surface area contributed by atoms with Gasteiger partial charge < -0.3 is 10.0 Å². The third-order valence-corrected chi connectivity index (χ3v) is 6.09. The van der Waals surface area contributed by atoms with E-state index in [1.54, 1.807) is 55.3 Å². The highest BCUT2D eigenvalue weighted by molar-refractivity contribution is 7.91. The second-order valence-corrected chi connectivity index (χ2v) is 8.58. The molecule has 2 aromatic rings. The Morgan fingerprint density at radius 2 is 1.52 bits per heavy atom. The summed E-state index contributed by atoms with van der Waals surface area (Å²) in [5.41, 5.74) is 1.96. The van der Waals surface area contributed by atoms with Crippen molar-refractivity contribution in [2.75, 3.05) is 12.8 Å². The zero-order valence-electron chi connectivity index (χ0n) is 15.4. The lowest BCUT2D eigenvalue weighted by atomic mass is 10.1. The number of rotatable bonds is 8. The summed E-state index contributed by atoms with van der Waals surface area (Å²) < 4.78 is 23.6. The van der Waals surface area contributed by atoms with Gasteiger partial charge in [-0.25, -0.2) is 13.2 Å². The Bertz CT molecular complexity index is 902. The molecular weight excluding hydrogens is 366 g/mol. The van der Waals surface area contributed by atoms with E-state index < -0.39 is 15.8 Å². The van der Waals surface area contributed by atoms with Crippen LogP contribution in [0.15, 0.2) is 53.4 Å². The molecule has 0 heterocycles. The first-order chi connectivity index (χ1) is 12.7. The van der Waals surface area contributed by atoms with Gasteiger partial charge in [-0.1, -0.05) is 31.2 Å². The molecule has 0 aliphatic heterocycles. The summed E-state index contributed by atoms with van der Waals surface area (Å²) in [6, 6.07) is 13.0. The fourth-order valence-corrected chi connectivity index (χ4v) is 3.47. The molecule has 2 aromatic carbocycles. The summed E-state index contributed by atoms with van der Waals surface area (Å²) in [5, 5.41) is 8.90. The minimum Gasteiger partial charge on any atom is -0.478 e. The lowest BCUT2D eigenvalue weighted by molar-refractivity contribution is -0.130. The molecule has 6 nitrogen and oxygen atoms in total. The van der Waals surface area contributed by atoms with Crippen LogP contribution in [0.2, 0.25) is 0 Å². The van der Waals surface area contributed by atoms with Crippen molar-refractivity contribution >= 4 is 21.7 Å². The summed E-state index contributed by atoms with van der Waals surface area (Å²) in [6.07, 6.45) is 0.831. The Labute approximate surface area is 159 Å². The number of carbonyl (C=O) groups is 2. The van der Waals surface area contributed by atoms with E-state index >= 15 is 0 Å². The number of carbonyl (C=O) groups excluding carboxylic acids is 1. The van der Waals surface area contributed by atoms with E-state index in [1.165, 1.54) is 12.1 Å². The number of carboxylic acids is 1. The molecule has 0 saturated heterocycles. The van der Waals surface area contributed by atoms with Crippen molar-refractivity contribution < 1.29 is 23.1 Å². The van der Waals surface area contributed by atoms with Crippen LogP contribution >= 0.6 is 0 Å². The lowest BCUT2D eigenvalue weighted by Gasteiger charge is -2.17. The molecule has 0 spiro atoms. The van der Waals surface area contributed by atoms with E-state index in [-0.39, 0.29) is 17.2 Å². The minimum atomic E-state index is -3.21. The number of carboxylic acid groups (broad SMARTS) is 1. The van der Waals surface area contributed by atoms with Crippen LogP contribution < -0.4 is 0 Å². The van der Waals surface area contributed by atoms with E-state index in [1.807, 2.05) is 0 Å². The SMILES string of the molecule is CCS(=O)(=O)c1ccc(CCC(=O)N(C)Cc2ccc(C(=O)O)cc2)cc1. The molecule has 144 valence electrons. The van der Waals surface area contributed by atoms with E-state index in [2.05, 4.69) is 0 Å². The molecular formula is C20H23NO5S. The standard InChI is InChI=1S/C20H23NO5S/c1-3-27(25,26)18-11-6-15(7-12-18)8-13-19(22)21(2)14-16-4-9-17(10-5-16)20(23)24/h4-7,9-12H,3,8,13-14H2,1-2H3,(H,23,24). The van der Waals surface area contributed by atoms with Gasteiger partial charge in [0.1, 0.15) is 0 Å². The molecule has 0 aliphatic carbocycles. The largest absolute Gasteiger partial charge is 0.478 e. The van der Waals surface area contributed by atoms with Crippen LogP contribution in [0.3, 0.4) is 0 Å². The van der Waals surface area contributed by atoms with Crippen molar-refractivity contribution in [1.82, 2.24) is 4.90 Å². The Morgan fingerprint density at radius 1 is 0.963 bits per heavy atom. The van der Waals surface area contributed by atoms with Gasteiger partial charge in [0, 0.05) is 20.0 Å². The molecule has 2 rings (SSSR count). The third kappa shape index (κ3) is 5.65. The van der Waals surface area contributed by atoms with Gasteiger partial charge in [-0.2, -0.15) is 0 Å². The number of nitrogens with zero attached hydrogens (tertiary/aromatic N) is 1. The quantitative estimate of drug-likeness (QED) is 0.749. The summed E-state index contributed by atoms with van der Waals surface area (Å²) in [6.45, 7) is 2.00. The fraction of sp³-hybridized carbons (Fsp3) is 0.300. The molecule has 7 heteroatoms. The Morgan fingerprint density at radius 3 is 2.04 bits per heavy atom. The molecule has 1 amide bonds. The van der Waals surface area contributed by atoms with Crippen LogP contribution in [-0.4, -0.2) is 43.1 Å². The molecule has 0 aromatic heterocycles. The number of amides is 1. The van der Waals surface area contributed by atoms with Crippen molar-refractivity contribution in [2.45, 2.75) is 31.2 Å². The van der Waals surface area contributed by atoms with Crippen molar-refractivity contribution in [1.29, 1.82) is 0 Å². The number of sulfone groups is 1. The first kappa shape index (κ1) is 20.6. The van der Waals surface area contributed by atoms with E-state index in [0.29, 0.717) is 24.3 Å². The highest BCUT2D eigenvalue weighted by Gasteiger charge is 2.13. The highest BCUT2D eigenvalue weighted by Crippen LogP contribution is 2.14. The van der Waals surface area contributed by atoms with Crippen molar-refractivity contribution in [3.8, 4) is 0 Å². The van der Waals surface area contributed by atoms with Gasteiger partial charge in [-0.05, 0) is 41.8 Å². The molecule has 0 unspecified atom stereocenters. The molecule has 0 saturated carbocycles. The summed E-state index contributed by atoms with van der Waals surface area (Å²) in [4.78, 5) is 25.0. The summed E-state index contributed by atoms with van der Waals surface area (Å²) in [7, 11) is -1.52. The molecule has 0 aliphatic rings. The maximum atomic E-state index is 12.3. The first-order valence-corrected chi connectivity index (χ1v) is 10.3. The van der Waals surface area contributed by atoms with Gasteiger partial charge in [-0.3, -0.25) is 4.79 Å². The lowest BCUT2D eigenvalue weighted by Crippen LogP contribution is -2.26. The van der Waals surface area contributed by atoms with Crippen LogP contribution in [0.4, 0.5) is 0 Å². The highest BCUT2D eigenvalue weighted by atomic mass is 32.2. The molecule has 0 bridgehead atoms. The van der Waals surface area contributed by atoms with Gasteiger partial charge in [0.05, 0.1) is 16.2 Å². The van der Waals surface area contributed by atoms with Crippen LogP contribution in [0.1, 0.15) is 34.8 Å². The molecule has 1 N–H and O–H groups in total. The zero-order chi connectivity index (χ0) is 20.0. The second-order valence-electron chi connectivity index (χ2n) is 6.30. The van der Waals surface area contributed by atoms with E-state index in [9.17, 15) is 18.0 Å². The maximum absolute atomic E-state index is 12.3. The smallest absolute Gasteiger partial charge is 0.335 e. The van der Waals surface area contributed by atoms with Gasteiger partial charge in [0.25, 0.3) is 0 Å². The third-order valence-electron chi connectivity index (χ3n) is 4.34. The second kappa shape index (κ2) is 8.81. The summed E-state index contributed by atoms with van der Waals surface area (Å²) in [5.74, 6) is -0.963. The monoisotopic (exact) mass is 389 g/mol. The average Bonchev–Trinajstić information content (AvgIpc) is 2.66. The van der Waals surface area contributed by atoms with E-state index in [4.69, 9.17) is 5.11 Å². The molecule has 0 fully saturated rings. The van der Waals surface area contributed by atoms with Crippen LogP contribution in [-0.2, 0) is 27.6 Å². The predicted molar refractivity (Wildman–Crippen MR) is 102 cm³/mol. The Kier molecular flexibility index (Phi) is 6.74. The molecule has 0 atom stereocenters. The summed E-state index contributed by atoms with van der Waals surface area (Å²) >= 11 is 0. The number of aromatic carboxylic acids is 1. The van der Waals surface area contributed by atoms with Crippen LogP contribution in [0.25, 0.3) is 0 Å². The zero-order valence-corrected chi connectivity index (χ0v) is 16.2. The Balaban J connectivity index is 1.90. The van der Waals surface area contributed by atoms with E-state index in [0.717, 1.165) is 11.1 Å².